The van der Waals surface area contributed by atoms with Crippen molar-refractivity contribution >= 4 is 43.5 Å². The Balaban J connectivity index is 1.19. The van der Waals surface area contributed by atoms with Gasteiger partial charge < -0.3 is 4.42 Å². The van der Waals surface area contributed by atoms with E-state index in [4.69, 9.17) is 19.4 Å². The summed E-state index contributed by atoms with van der Waals surface area (Å²) >= 11 is 0. The van der Waals surface area contributed by atoms with Crippen molar-refractivity contribution in [3.8, 4) is 56.4 Å². The number of aromatic nitrogens is 3. The summed E-state index contributed by atoms with van der Waals surface area (Å²) in [7, 11) is 0. The van der Waals surface area contributed by atoms with Gasteiger partial charge >= 0.3 is 0 Å². The molecule has 0 aliphatic heterocycles. The summed E-state index contributed by atoms with van der Waals surface area (Å²) in [5, 5.41) is 6.89. The maximum absolute atomic E-state index is 6.99. The van der Waals surface area contributed by atoms with E-state index in [1.165, 1.54) is 21.9 Å². The second kappa shape index (κ2) is 11.9. The van der Waals surface area contributed by atoms with Gasteiger partial charge in [0, 0.05) is 27.5 Å². The molecule has 0 bridgehead atoms. The van der Waals surface area contributed by atoms with Gasteiger partial charge in [-0.2, -0.15) is 0 Å². The molecule has 2 heterocycles. The highest BCUT2D eigenvalue weighted by molar-refractivity contribution is 6.24. The van der Waals surface area contributed by atoms with Crippen molar-refractivity contribution in [3.63, 3.8) is 0 Å². The van der Waals surface area contributed by atoms with Gasteiger partial charge in [0.15, 0.2) is 17.5 Å². The SMILES string of the molecule is c1ccc(-c2nc(-c3ccccc3)nc(-c3cccc4c3oc3c(-c5ccc(-c6cccc7ccccc67)cc5)cc5ccccc5c34)n2)cc1. The van der Waals surface area contributed by atoms with Crippen LogP contribution in [0.15, 0.2) is 180 Å². The molecule has 0 atom stereocenters. The van der Waals surface area contributed by atoms with E-state index in [-0.39, 0.29) is 0 Å². The topological polar surface area (TPSA) is 51.8 Å². The Bertz CT molecular complexity index is 2830. The molecule has 0 saturated carbocycles. The molecule has 4 nitrogen and oxygen atoms in total. The zero-order valence-corrected chi connectivity index (χ0v) is 27.5. The van der Waals surface area contributed by atoms with E-state index in [0.717, 1.165) is 60.5 Å². The smallest absolute Gasteiger partial charge is 0.167 e. The van der Waals surface area contributed by atoms with Crippen molar-refractivity contribution in [3.05, 3.63) is 176 Å². The zero-order chi connectivity index (χ0) is 33.7. The summed E-state index contributed by atoms with van der Waals surface area (Å²) in [6, 6.07) is 61.0. The Labute approximate surface area is 294 Å². The third-order valence-electron chi connectivity index (χ3n) is 9.73. The van der Waals surface area contributed by atoms with E-state index in [9.17, 15) is 0 Å². The molecule has 0 amide bonds. The fourth-order valence-corrected chi connectivity index (χ4v) is 7.27. The zero-order valence-electron chi connectivity index (χ0n) is 27.5. The predicted molar refractivity (Wildman–Crippen MR) is 209 cm³/mol. The molecule has 2 aromatic heterocycles. The Hall–Kier alpha value is -6.91. The third kappa shape index (κ3) is 4.96. The van der Waals surface area contributed by atoms with Crippen molar-refractivity contribution < 1.29 is 4.42 Å². The monoisotopic (exact) mass is 651 g/mol. The van der Waals surface area contributed by atoms with Gasteiger partial charge in [0.1, 0.15) is 11.2 Å². The molecule has 4 heteroatoms. The Morgan fingerprint density at radius 1 is 0.314 bits per heavy atom. The van der Waals surface area contributed by atoms with Gasteiger partial charge in [0.05, 0.1) is 5.56 Å². The molecule has 51 heavy (non-hydrogen) atoms. The molecule has 0 radical (unpaired) electrons. The maximum atomic E-state index is 6.99. The van der Waals surface area contributed by atoms with Crippen molar-refractivity contribution in [2.75, 3.05) is 0 Å². The van der Waals surface area contributed by atoms with Crippen LogP contribution >= 0.6 is 0 Å². The highest BCUT2D eigenvalue weighted by atomic mass is 16.3. The van der Waals surface area contributed by atoms with Crippen LogP contribution in [0.4, 0.5) is 0 Å². The standard InChI is InChI=1S/C47H29N3O/c1-3-14-33(15-4-1)45-48-46(34-16-5-2-6-17-34)50-47(49-45)40-24-12-23-39-42-38-21-10-8-18-35(38)29-41(44(42)51-43(39)40)32-27-25-31(26-28-32)37-22-11-19-30-13-7-9-20-36(30)37/h1-29H. The van der Waals surface area contributed by atoms with Crippen molar-refractivity contribution in [2.24, 2.45) is 0 Å². The highest BCUT2D eigenvalue weighted by Gasteiger charge is 2.21. The summed E-state index contributed by atoms with van der Waals surface area (Å²) in [5.74, 6) is 1.80. The maximum Gasteiger partial charge on any atom is 0.167 e. The van der Waals surface area contributed by atoms with Crippen LogP contribution in [0.25, 0.3) is 99.9 Å². The second-order valence-corrected chi connectivity index (χ2v) is 12.8. The van der Waals surface area contributed by atoms with Crippen LogP contribution in [0.2, 0.25) is 0 Å². The Morgan fingerprint density at radius 3 is 1.53 bits per heavy atom. The van der Waals surface area contributed by atoms with Gasteiger partial charge in [-0.1, -0.05) is 164 Å². The minimum atomic E-state index is 0.567. The van der Waals surface area contributed by atoms with Gasteiger partial charge in [-0.3, -0.25) is 0 Å². The molecular formula is C47H29N3O. The first-order valence-corrected chi connectivity index (χ1v) is 17.1. The quantitative estimate of drug-likeness (QED) is 0.186. The number of para-hydroxylation sites is 1. The second-order valence-electron chi connectivity index (χ2n) is 12.8. The number of rotatable bonds is 5. The molecule has 0 aliphatic carbocycles. The average Bonchev–Trinajstić information content (AvgIpc) is 3.61. The molecule has 0 spiro atoms. The van der Waals surface area contributed by atoms with E-state index in [1.807, 2.05) is 66.7 Å². The van der Waals surface area contributed by atoms with Gasteiger partial charge in [-0.15, -0.1) is 0 Å². The molecule has 238 valence electrons. The molecule has 10 rings (SSSR count). The summed E-state index contributed by atoms with van der Waals surface area (Å²) in [5.41, 5.74) is 8.80. The van der Waals surface area contributed by atoms with Crippen molar-refractivity contribution in [2.45, 2.75) is 0 Å². The molecule has 0 aliphatic rings. The summed E-state index contributed by atoms with van der Waals surface area (Å²) < 4.78 is 6.99. The lowest BCUT2D eigenvalue weighted by atomic mass is 9.93. The summed E-state index contributed by atoms with van der Waals surface area (Å²) in [4.78, 5) is 15.0. The Morgan fingerprint density at radius 2 is 0.824 bits per heavy atom. The lowest BCUT2D eigenvalue weighted by molar-refractivity contribution is 0.671. The van der Waals surface area contributed by atoms with E-state index >= 15 is 0 Å². The van der Waals surface area contributed by atoms with E-state index in [2.05, 4.69) is 109 Å². The average molecular weight is 652 g/mol. The molecule has 0 unspecified atom stereocenters. The molecule has 0 N–H and O–H groups in total. The van der Waals surface area contributed by atoms with Gasteiger partial charge in [-0.05, 0) is 50.4 Å². The minimum absolute atomic E-state index is 0.567. The number of fused-ring (bicyclic) bond motifs is 6. The lowest BCUT2D eigenvalue weighted by Crippen LogP contribution is -2.00. The molecule has 8 aromatic carbocycles. The number of furan rings is 1. The fourth-order valence-electron chi connectivity index (χ4n) is 7.27. The highest BCUT2D eigenvalue weighted by Crippen LogP contribution is 2.44. The Kier molecular flexibility index (Phi) is 6.78. The number of hydrogen-bond acceptors (Lipinski definition) is 4. The number of nitrogens with zero attached hydrogens (tertiary/aromatic N) is 3. The molecular weight excluding hydrogens is 623 g/mol. The first-order valence-electron chi connectivity index (χ1n) is 17.1. The van der Waals surface area contributed by atoms with Gasteiger partial charge in [0.25, 0.3) is 0 Å². The van der Waals surface area contributed by atoms with Crippen LogP contribution in [0.1, 0.15) is 0 Å². The van der Waals surface area contributed by atoms with E-state index in [1.54, 1.807) is 0 Å². The van der Waals surface area contributed by atoms with Crippen molar-refractivity contribution in [1.82, 2.24) is 15.0 Å². The van der Waals surface area contributed by atoms with Gasteiger partial charge in [0.2, 0.25) is 0 Å². The normalized spacial score (nSPS) is 11.5. The summed E-state index contributed by atoms with van der Waals surface area (Å²) in [6.07, 6.45) is 0. The van der Waals surface area contributed by atoms with Crippen LogP contribution in [-0.2, 0) is 0 Å². The van der Waals surface area contributed by atoms with Crippen molar-refractivity contribution in [1.29, 1.82) is 0 Å². The molecule has 0 saturated heterocycles. The first-order chi connectivity index (χ1) is 25.3. The van der Waals surface area contributed by atoms with Crippen LogP contribution in [-0.4, -0.2) is 15.0 Å². The summed E-state index contributed by atoms with van der Waals surface area (Å²) in [6.45, 7) is 0. The minimum Gasteiger partial charge on any atom is -0.455 e. The third-order valence-corrected chi connectivity index (χ3v) is 9.73. The van der Waals surface area contributed by atoms with E-state index < -0.39 is 0 Å². The molecule has 10 aromatic rings. The first kappa shape index (κ1) is 29.0. The molecule has 0 fully saturated rings. The lowest BCUT2D eigenvalue weighted by Gasteiger charge is -2.10. The van der Waals surface area contributed by atoms with Gasteiger partial charge in [-0.25, -0.2) is 15.0 Å². The largest absolute Gasteiger partial charge is 0.455 e. The predicted octanol–water partition coefficient (Wildman–Crippen LogP) is 12.4. The van der Waals surface area contributed by atoms with Crippen LogP contribution in [0.3, 0.4) is 0 Å². The van der Waals surface area contributed by atoms with Crippen LogP contribution < -0.4 is 0 Å². The van der Waals surface area contributed by atoms with E-state index in [0.29, 0.717) is 17.5 Å². The number of benzene rings is 8. The van der Waals surface area contributed by atoms with Crippen LogP contribution in [0.5, 0.6) is 0 Å². The van der Waals surface area contributed by atoms with Crippen LogP contribution in [0, 0.1) is 0 Å². The fraction of sp³-hybridized carbons (Fsp3) is 0. The number of hydrogen-bond donors (Lipinski definition) is 0.